The van der Waals surface area contributed by atoms with E-state index in [1.165, 1.54) is 23.1 Å². The van der Waals surface area contributed by atoms with Crippen LogP contribution in [-0.2, 0) is 16.1 Å². The first kappa shape index (κ1) is 19.3. The summed E-state index contributed by atoms with van der Waals surface area (Å²) in [4.78, 5) is 24.5. The zero-order valence-corrected chi connectivity index (χ0v) is 14.3. The lowest BCUT2D eigenvalue weighted by Gasteiger charge is -2.21. The predicted octanol–water partition coefficient (Wildman–Crippen LogP) is 3.79. The molecule has 0 saturated heterocycles. The Labute approximate surface area is 150 Å². The largest absolute Gasteiger partial charge is 0.481 e. The van der Waals surface area contributed by atoms with Gasteiger partial charge in [-0.05, 0) is 24.6 Å². The second kappa shape index (κ2) is 8.89. The lowest BCUT2D eigenvalue weighted by molar-refractivity contribution is -0.138. The molecule has 0 bridgehead atoms. The van der Waals surface area contributed by atoms with Gasteiger partial charge >= 0.3 is 5.97 Å². The molecule has 2 aromatic rings. The van der Waals surface area contributed by atoms with Crippen LogP contribution in [-0.4, -0.2) is 28.4 Å². The van der Waals surface area contributed by atoms with Crippen LogP contribution in [0.3, 0.4) is 0 Å². The van der Waals surface area contributed by atoms with Crippen molar-refractivity contribution < 1.29 is 23.5 Å². The van der Waals surface area contributed by atoms with Gasteiger partial charge in [-0.1, -0.05) is 42.0 Å². The first-order chi connectivity index (χ1) is 12.4. The molecule has 26 heavy (non-hydrogen) atoms. The summed E-state index contributed by atoms with van der Waals surface area (Å²) >= 11 is 0. The number of aryl methyl sites for hydroxylation is 1. The van der Waals surface area contributed by atoms with E-state index in [1.54, 1.807) is 6.08 Å². The first-order valence-corrected chi connectivity index (χ1v) is 8.05. The van der Waals surface area contributed by atoms with Gasteiger partial charge < -0.3 is 10.0 Å². The zero-order chi connectivity index (χ0) is 19.1. The average molecular weight is 359 g/mol. The molecular weight excluding hydrogens is 340 g/mol. The number of rotatable bonds is 7. The number of carbonyl (C=O) groups is 2. The van der Waals surface area contributed by atoms with Crippen molar-refractivity contribution in [3.63, 3.8) is 0 Å². The lowest BCUT2D eigenvalue weighted by Crippen LogP contribution is -2.31. The van der Waals surface area contributed by atoms with E-state index >= 15 is 0 Å². The quantitative estimate of drug-likeness (QED) is 0.765. The predicted molar refractivity (Wildman–Crippen MR) is 94.2 cm³/mol. The maximum atomic E-state index is 13.9. The van der Waals surface area contributed by atoms with Gasteiger partial charge in [-0.25, -0.2) is 8.78 Å². The number of carboxylic acid groups (broad SMARTS) is 1. The normalized spacial score (nSPS) is 10.9. The molecule has 0 radical (unpaired) electrons. The highest BCUT2D eigenvalue weighted by Crippen LogP contribution is 2.15. The molecule has 0 saturated carbocycles. The number of nitrogens with zero attached hydrogens (tertiary/aromatic N) is 1. The Bertz CT molecular complexity index is 834. The summed E-state index contributed by atoms with van der Waals surface area (Å²) in [6.45, 7) is 1.60. The highest BCUT2D eigenvalue weighted by molar-refractivity contribution is 5.92. The van der Waals surface area contributed by atoms with Gasteiger partial charge in [-0.15, -0.1) is 0 Å². The zero-order valence-electron chi connectivity index (χ0n) is 14.3. The molecule has 4 nitrogen and oxygen atoms in total. The van der Waals surface area contributed by atoms with E-state index in [9.17, 15) is 18.4 Å². The number of halogens is 2. The minimum atomic E-state index is -1.08. The second-order valence-corrected chi connectivity index (χ2v) is 5.86. The van der Waals surface area contributed by atoms with Gasteiger partial charge in [-0.3, -0.25) is 9.59 Å². The SMILES string of the molecule is Cc1cccc(/C=C/C(=O)N(CCC(=O)O)Cc2cccc(F)c2F)c1. The van der Waals surface area contributed by atoms with E-state index in [1.807, 2.05) is 31.2 Å². The van der Waals surface area contributed by atoms with Crippen molar-refractivity contribution in [2.45, 2.75) is 19.9 Å². The topological polar surface area (TPSA) is 57.6 Å². The summed E-state index contributed by atoms with van der Waals surface area (Å²) in [5.41, 5.74) is 1.84. The fourth-order valence-electron chi connectivity index (χ4n) is 2.42. The fraction of sp³-hybridized carbons (Fsp3) is 0.200. The molecule has 0 aromatic heterocycles. The molecule has 136 valence electrons. The van der Waals surface area contributed by atoms with Crippen LogP contribution in [0.1, 0.15) is 23.1 Å². The van der Waals surface area contributed by atoms with E-state index < -0.39 is 23.5 Å². The average Bonchev–Trinajstić information content (AvgIpc) is 2.60. The van der Waals surface area contributed by atoms with Crippen LogP contribution in [0.2, 0.25) is 0 Å². The number of hydrogen-bond acceptors (Lipinski definition) is 2. The van der Waals surface area contributed by atoms with Crippen LogP contribution in [0.5, 0.6) is 0 Å². The van der Waals surface area contributed by atoms with Crippen molar-refractivity contribution in [3.8, 4) is 0 Å². The number of amides is 1. The third-order valence-electron chi connectivity index (χ3n) is 3.76. The van der Waals surface area contributed by atoms with Gasteiger partial charge in [0.1, 0.15) is 0 Å². The van der Waals surface area contributed by atoms with Crippen LogP contribution >= 0.6 is 0 Å². The van der Waals surface area contributed by atoms with Crippen molar-refractivity contribution >= 4 is 18.0 Å². The van der Waals surface area contributed by atoms with Crippen molar-refractivity contribution in [1.29, 1.82) is 0 Å². The number of carboxylic acids is 1. The molecule has 6 heteroatoms. The minimum Gasteiger partial charge on any atom is -0.481 e. The highest BCUT2D eigenvalue weighted by atomic mass is 19.2. The number of hydrogen-bond donors (Lipinski definition) is 1. The maximum absolute atomic E-state index is 13.9. The monoisotopic (exact) mass is 359 g/mol. The van der Waals surface area contributed by atoms with E-state index in [0.29, 0.717) is 0 Å². The Hall–Kier alpha value is -3.02. The summed E-state index contributed by atoms with van der Waals surface area (Å²) in [6.07, 6.45) is 2.61. The fourth-order valence-corrected chi connectivity index (χ4v) is 2.42. The molecule has 2 rings (SSSR count). The smallest absolute Gasteiger partial charge is 0.305 e. The first-order valence-electron chi connectivity index (χ1n) is 8.05. The molecule has 0 aliphatic heterocycles. The molecule has 0 aliphatic rings. The summed E-state index contributed by atoms with van der Waals surface area (Å²) in [6, 6.07) is 11.2. The number of aliphatic carboxylic acids is 1. The van der Waals surface area contributed by atoms with E-state index in [4.69, 9.17) is 5.11 Å². The van der Waals surface area contributed by atoms with Crippen LogP contribution in [0.4, 0.5) is 8.78 Å². The van der Waals surface area contributed by atoms with Gasteiger partial charge in [0.2, 0.25) is 5.91 Å². The molecule has 0 unspecified atom stereocenters. The van der Waals surface area contributed by atoms with Crippen LogP contribution in [0.15, 0.2) is 48.5 Å². The van der Waals surface area contributed by atoms with Crippen molar-refractivity contribution in [3.05, 3.63) is 76.9 Å². The summed E-state index contributed by atoms with van der Waals surface area (Å²) in [5, 5.41) is 8.86. The van der Waals surface area contributed by atoms with E-state index in [-0.39, 0.29) is 25.1 Å². The van der Waals surface area contributed by atoms with Gasteiger partial charge in [0.05, 0.1) is 6.42 Å². The molecule has 2 aromatic carbocycles. The van der Waals surface area contributed by atoms with E-state index in [0.717, 1.165) is 17.2 Å². The Morgan fingerprint density at radius 1 is 1.15 bits per heavy atom. The molecule has 1 N–H and O–H groups in total. The summed E-state index contributed by atoms with van der Waals surface area (Å²) < 4.78 is 27.2. The summed E-state index contributed by atoms with van der Waals surface area (Å²) in [7, 11) is 0. The Balaban J connectivity index is 2.18. The molecule has 1 amide bonds. The Morgan fingerprint density at radius 3 is 2.58 bits per heavy atom. The second-order valence-electron chi connectivity index (χ2n) is 5.86. The maximum Gasteiger partial charge on any atom is 0.305 e. The highest BCUT2D eigenvalue weighted by Gasteiger charge is 2.16. The Morgan fingerprint density at radius 2 is 1.88 bits per heavy atom. The van der Waals surface area contributed by atoms with Crippen molar-refractivity contribution in [2.24, 2.45) is 0 Å². The van der Waals surface area contributed by atoms with Gasteiger partial charge in [0.15, 0.2) is 11.6 Å². The third-order valence-corrected chi connectivity index (χ3v) is 3.76. The van der Waals surface area contributed by atoms with Crippen LogP contribution in [0, 0.1) is 18.6 Å². The van der Waals surface area contributed by atoms with Crippen molar-refractivity contribution in [1.82, 2.24) is 4.90 Å². The van der Waals surface area contributed by atoms with E-state index in [2.05, 4.69) is 0 Å². The van der Waals surface area contributed by atoms with Gasteiger partial charge in [-0.2, -0.15) is 0 Å². The molecule has 0 fully saturated rings. The summed E-state index contributed by atoms with van der Waals surface area (Å²) in [5.74, 6) is -3.60. The Kier molecular flexibility index (Phi) is 6.60. The third kappa shape index (κ3) is 5.51. The molecule has 0 heterocycles. The van der Waals surface area contributed by atoms with Gasteiger partial charge in [0.25, 0.3) is 0 Å². The minimum absolute atomic E-state index is 0.00676. The van der Waals surface area contributed by atoms with Crippen LogP contribution < -0.4 is 0 Å². The van der Waals surface area contributed by atoms with Crippen LogP contribution in [0.25, 0.3) is 6.08 Å². The van der Waals surface area contributed by atoms with Crippen molar-refractivity contribution in [2.75, 3.05) is 6.54 Å². The molecular formula is C20H19F2NO3. The van der Waals surface area contributed by atoms with Gasteiger partial charge in [0, 0.05) is 24.7 Å². The molecule has 0 atom stereocenters. The standard InChI is InChI=1S/C20H19F2NO3/c1-14-4-2-5-15(12-14)8-9-18(24)23(11-10-19(25)26)13-16-6-3-7-17(21)20(16)22/h2-9,12H,10-11,13H2,1H3,(H,25,26)/b9-8+. The number of carbonyl (C=O) groups excluding carboxylic acids is 1. The molecule has 0 spiro atoms. The number of benzene rings is 2. The lowest BCUT2D eigenvalue weighted by atomic mass is 10.1. The molecule has 0 aliphatic carbocycles.